The highest BCUT2D eigenvalue weighted by Crippen LogP contribution is 1.97. The van der Waals surface area contributed by atoms with Crippen LogP contribution in [0.3, 0.4) is 0 Å². The van der Waals surface area contributed by atoms with Crippen LogP contribution in [-0.2, 0) is 0 Å². The van der Waals surface area contributed by atoms with Crippen LogP contribution >= 0.6 is 0 Å². The van der Waals surface area contributed by atoms with Gasteiger partial charge in [-0.2, -0.15) is 4.98 Å². The Hall–Kier alpha value is -1.65. The summed E-state index contributed by atoms with van der Waals surface area (Å²) in [5.74, 6) is 0.102. The summed E-state index contributed by atoms with van der Waals surface area (Å²) >= 11 is 0. The standard InChI is InChI=1S/C6H6N2O3/c1-11-6-2-5(10)7-4(3-9)8-6/h2-3H,1H3,(H,7,8,10). The summed E-state index contributed by atoms with van der Waals surface area (Å²) in [5, 5.41) is 0. The van der Waals surface area contributed by atoms with Crippen LogP contribution in [0.5, 0.6) is 5.88 Å². The van der Waals surface area contributed by atoms with E-state index in [9.17, 15) is 9.59 Å². The van der Waals surface area contributed by atoms with E-state index in [1.165, 1.54) is 7.11 Å². The van der Waals surface area contributed by atoms with Gasteiger partial charge in [-0.05, 0) is 0 Å². The van der Waals surface area contributed by atoms with E-state index in [0.717, 1.165) is 6.07 Å². The van der Waals surface area contributed by atoms with Crippen molar-refractivity contribution >= 4 is 6.29 Å². The van der Waals surface area contributed by atoms with Gasteiger partial charge in [-0.25, -0.2) is 0 Å². The average Bonchev–Trinajstić information content (AvgIpc) is 2.03. The zero-order valence-corrected chi connectivity index (χ0v) is 5.83. The molecule has 0 aliphatic heterocycles. The summed E-state index contributed by atoms with van der Waals surface area (Å²) in [4.78, 5) is 26.7. The molecule has 1 rings (SSSR count). The van der Waals surface area contributed by atoms with Crippen LogP contribution in [0.4, 0.5) is 0 Å². The molecule has 11 heavy (non-hydrogen) atoms. The van der Waals surface area contributed by atoms with Gasteiger partial charge in [0.15, 0.2) is 12.1 Å². The second-order valence-corrected chi connectivity index (χ2v) is 1.79. The molecule has 0 unspecified atom stereocenters. The van der Waals surface area contributed by atoms with Gasteiger partial charge < -0.3 is 9.72 Å². The fourth-order valence-corrected chi connectivity index (χ4v) is 0.614. The molecule has 5 nitrogen and oxygen atoms in total. The van der Waals surface area contributed by atoms with Crippen molar-refractivity contribution < 1.29 is 9.53 Å². The number of carbonyl (C=O) groups excluding carboxylic acids is 1. The SMILES string of the molecule is COc1cc(=O)[nH]c(C=O)n1. The van der Waals surface area contributed by atoms with Crippen molar-refractivity contribution in [3.63, 3.8) is 0 Å². The molecule has 0 radical (unpaired) electrons. The van der Waals surface area contributed by atoms with E-state index >= 15 is 0 Å². The highest BCUT2D eigenvalue weighted by Gasteiger charge is 1.97. The van der Waals surface area contributed by atoms with Crippen molar-refractivity contribution in [1.82, 2.24) is 9.97 Å². The van der Waals surface area contributed by atoms with Gasteiger partial charge in [0.25, 0.3) is 5.56 Å². The Kier molecular flexibility index (Phi) is 2.00. The van der Waals surface area contributed by atoms with E-state index in [1.807, 2.05) is 0 Å². The van der Waals surface area contributed by atoms with Crippen LogP contribution in [0.1, 0.15) is 10.6 Å². The summed E-state index contributed by atoms with van der Waals surface area (Å²) in [6, 6.07) is 1.16. The molecule has 58 valence electrons. The fraction of sp³-hybridized carbons (Fsp3) is 0.167. The zero-order chi connectivity index (χ0) is 8.27. The third kappa shape index (κ3) is 1.64. The lowest BCUT2D eigenvalue weighted by Gasteiger charge is -1.95. The van der Waals surface area contributed by atoms with Crippen LogP contribution in [0.15, 0.2) is 10.9 Å². The second kappa shape index (κ2) is 2.96. The summed E-state index contributed by atoms with van der Waals surface area (Å²) < 4.78 is 4.65. The van der Waals surface area contributed by atoms with E-state index in [-0.39, 0.29) is 11.7 Å². The highest BCUT2D eigenvalue weighted by molar-refractivity contribution is 5.68. The molecule has 1 heterocycles. The van der Waals surface area contributed by atoms with Crippen molar-refractivity contribution in [3.05, 3.63) is 22.2 Å². The van der Waals surface area contributed by atoms with Crippen molar-refractivity contribution in [2.75, 3.05) is 7.11 Å². The third-order valence-corrected chi connectivity index (χ3v) is 1.06. The van der Waals surface area contributed by atoms with Crippen LogP contribution in [0, 0.1) is 0 Å². The molecule has 5 heteroatoms. The molecule has 0 fully saturated rings. The minimum Gasteiger partial charge on any atom is -0.481 e. The third-order valence-electron chi connectivity index (χ3n) is 1.06. The van der Waals surface area contributed by atoms with Gasteiger partial charge in [-0.15, -0.1) is 0 Å². The Balaban J connectivity index is 3.22. The number of carbonyl (C=O) groups is 1. The number of methoxy groups -OCH3 is 1. The Morgan fingerprint density at radius 3 is 3.00 bits per heavy atom. The van der Waals surface area contributed by atoms with E-state index in [0.29, 0.717) is 6.29 Å². The maximum Gasteiger partial charge on any atom is 0.255 e. The number of nitrogens with zero attached hydrogens (tertiary/aromatic N) is 1. The molecule has 0 aliphatic carbocycles. The molecular formula is C6H6N2O3. The van der Waals surface area contributed by atoms with Gasteiger partial charge in [0.1, 0.15) is 0 Å². The second-order valence-electron chi connectivity index (χ2n) is 1.79. The molecule has 0 bridgehead atoms. The minimum atomic E-state index is -0.404. The number of hydrogen-bond acceptors (Lipinski definition) is 4. The first-order valence-electron chi connectivity index (χ1n) is 2.87. The van der Waals surface area contributed by atoms with Gasteiger partial charge in [-0.1, -0.05) is 0 Å². The number of rotatable bonds is 2. The summed E-state index contributed by atoms with van der Waals surface area (Å²) in [6.45, 7) is 0. The normalized spacial score (nSPS) is 9.18. The molecule has 0 aliphatic rings. The lowest BCUT2D eigenvalue weighted by atomic mass is 10.5. The fourth-order valence-electron chi connectivity index (χ4n) is 0.614. The van der Waals surface area contributed by atoms with Crippen molar-refractivity contribution in [1.29, 1.82) is 0 Å². The largest absolute Gasteiger partial charge is 0.481 e. The molecule has 1 aromatic rings. The Morgan fingerprint density at radius 2 is 2.45 bits per heavy atom. The van der Waals surface area contributed by atoms with Gasteiger partial charge in [0.05, 0.1) is 13.2 Å². The monoisotopic (exact) mass is 154 g/mol. The minimum absolute atomic E-state index is 0.0330. The number of aldehydes is 1. The highest BCUT2D eigenvalue weighted by atomic mass is 16.5. The van der Waals surface area contributed by atoms with E-state index in [2.05, 4.69) is 14.7 Å². The predicted octanol–water partition coefficient (Wildman–Crippen LogP) is -0.409. The lowest BCUT2D eigenvalue weighted by Crippen LogP contribution is -2.10. The summed E-state index contributed by atoms with van der Waals surface area (Å²) in [5.41, 5.74) is -0.404. The first-order chi connectivity index (χ1) is 5.26. The molecule has 0 saturated carbocycles. The van der Waals surface area contributed by atoms with Crippen molar-refractivity contribution in [3.8, 4) is 5.88 Å². The summed E-state index contributed by atoms with van der Waals surface area (Å²) in [6.07, 6.45) is 0.448. The molecule has 0 saturated heterocycles. The number of aromatic amines is 1. The van der Waals surface area contributed by atoms with Gasteiger partial charge in [-0.3, -0.25) is 9.59 Å². The molecular weight excluding hydrogens is 148 g/mol. The quantitative estimate of drug-likeness (QED) is 0.588. The average molecular weight is 154 g/mol. The van der Waals surface area contributed by atoms with Crippen LogP contribution in [0.2, 0.25) is 0 Å². The number of ether oxygens (including phenoxy) is 1. The summed E-state index contributed by atoms with van der Waals surface area (Å²) in [7, 11) is 1.37. The van der Waals surface area contributed by atoms with Gasteiger partial charge in [0.2, 0.25) is 5.88 Å². The Morgan fingerprint density at radius 1 is 1.73 bits per heavy atom. The maximum absolute atomic E-state index is 10.7. The number of H-pyrrole nitrogens is 1. The maximum atomic E-state index is 10.7. The topological polar surface area (TPSA) is 72.1 Å². The predicted molar refractivity (Wildman–Crippen MR) is 36.8 cm³/mol. The molecule has 0 aromatic carbocycles. The first-order valence-corrected chi connectivity index (χ1v) is 2.87. The Labute approximate surface area is 62.0 Å². The number of hydrogen-bond donors (Lipinski definition) is 1. The molecule has 0 atom stereocenters. The molecule has 1 N–H and O–H groups in total. The Bertz CT molecular complexity index is 318. The van der Waals surface area contributed by atoms with Crippen LogP contribution in [-0.4, -0.2) is 23.4 Å². The van der Waals surface area contributed by atoms with Gasteiger partial charge in [0, 0.05) is 0 Å². The number of aromatic nitrogens is 2. The van der Waals surface area contributed by atoms with Crippen LogP contribution < -0.4 is 10.3 Å². The first kappa shape index (κ1) is 7.46. The smallest absolute Gasteiger partial charge is 0.255 e. The van der Waals surface area contributed by atoms with E-state index in [4.69, 9.17) is 0 Å². The van der Waals surface area contributed by atoms with Crippen molar-refractivity contribution in [2.24, 2.45) is 0 Å². The van der Waals surface area contributed by atoms with Crippen molar-refractivity contribution in [2.45, 2.75) is 0 Å². The lowest BCUT2D eigenvalue weighted by molar-refractivity contribution is 0.111. The molecule has 0 spiro atoms. The van der Waals surface area contributed by atoms with Crippen LogP contribution in [0.25, 0.3) is 0 Å². The zero-order valence-electron chi connectivity index (χ0n) is 5.83. The number of nitrogens with one attached hydrogen (secondary N) is 1. The van der Waals surface area contributed by atoms with E-state index in [1.54, 1.807) is 0 Å². The van der Waals surface area contributed by atoms with Gasteiger partial charge >= 0.3 is 0 Å². The van der Waals surface area contributed by atoms with E-state index < -0.39 is 5.56 Å². The molecule has 1 aromatic heterocycles. The molecule has 0 amide bonds.